The Labute approximate surface area is 125 Å². The van der Waals surface area contributed by atoms with Crippen LogP contribution in [0.5, 0.6) is 11.5 Å². The lowest BCUT2D eigenvalue weighted by Gasteiger charge is -2.20. The molecule has 1 aromatic rings. The summed E-state index contributed by atoms with van der Waals surface area (Å²) in [5.41, 5.74) is 1.10. The third-order valence-electron chi connectivity index (χ3n) is 3.16. The second kappa shape index (κ2) is 9.10. The number of aliphatic hydroxyl groups excluding tert-OH is 1. The highest BCUT2D eigenvalue weighted by molar-refractivity contribution is 7.99. The van der Waals surface area contributed by atoms with Crippen molar-refractivity contribution >= 4 is 11.8 Å². The standard InChI is InChI=1S/C15H25NO3S/c1-11(8-17)9-20-10-14(16-2)13-7-12(18-3)5-6-15(13)19-4/h5-7,11,14,16-17H,8-10H2,1-4H3. The molecule has 0 aliphatic heterocycles. The van der Waals surface area contributed by atoms with E-state index in [9.17, 15) is 0 Å². The van der Waals surface area contributed by atoms with Gasteiger partial charge in [-0.05, 0) is 36.9 Å². The molecule has 0 heterocycles. The molecule has 0 saturated carbocycles. The molecule has 2 N–H and O–H groups in total. The van der Waals surface area contributed by atoms with Crippen molar-refractivity contribution < 1.29 is 14.6 Å². The Bertz CT molecular complexity index is 401. The molecule has 2 unspecified atom stereocenters. The number of nitrogens with one attached hydrogen (secondary N) is 1. The van der Waals surface area contributed by atoms with Crippen molar-refractivity contribution in [1.29, 1.82) is 0 Å². The molecule has 2 atom stereocenters. The van der Waals surface area contributed by atoms with Crippen LogP contribution in [0.1, 0.15) is 18.5 Å². The summed E-state index contributed by atoms with van der Waals surface area (Å²) in [5.74, 6) is 3.88. The molecule has 0 aromatic heterocycles. The van der Waals surface area contributed by atoms with Crippen LogP contribution >= 0.6 is 11.8 Å². The molecule has 0 bridgehead atoms. The molecule has 0 fully saturated rings. The fourth-order valence-electron chi connectivity index (χ4n) is 1.88. The highest BCUT2D eigenvalue weighted by atomic mass is 32.2. The second-order valence-electron chi connectivity index (χ2n) is 4.77. The summed E-state index contributed by atoms with van der Waals surface area (Å²) in [6, 6.07) is 6.03. The maximum absolute atomic E-state index is 9.06. The van der Waals surface area contributed by atoms with Gasteiger partial charge in [0.2, 0.25) is 0 Å². The van der Waals surface area contributed by atoms with E-state index in [1.807, 2.05) is 43.9 Å². The van der Waals surface area contributed by atoms with Gasteiger partial charge in [-0.3, -0.25) is 0 Å². The lowest BCUT2D eigenvalue weighted by atomic mass is 10.1. The third kappa shape index (κ3) is 4.89. The van der Waals surface area contributed by atoms with Gasteiger partial charge in [-0.15, -0.1) is 0 Å². The number of methoxy groups -OCH3 is 2. The van der Waals surface area contributed by atoms with Gasteiger partial charge in [-0.1, -0.05) is 6.92 Å². The van der Waals surface area contributed by atoms with Crippen LogP contribution in [0.3, 0.4) is 0 Å². The summed E-state index contributed by atoms with van der Waals surface area (Å²) < 4.78 is 10.7. The van der Waals surface area contributed by atoms with Gasteiger partial charge >= 0.3 is 0 Å². The van der Waals surface area contributed by atoms with Crippen molar-refractivity contribution in [3.05, 3.63) is 23.8 Å². The number of thioether (sulfide) groups is 1. The molecular weight excluding hydrogens is 274 g/mol. The predicted molar refractivity (Wildman–Crippen MR) is 84.9 cm³/mol. The van der Waals surface area contributed by atoms with Gasteiger partial charge in [-0.25, -0.2) is 0 Å². The van der Waals surface area contributed by atoms with Gasteiger partial charge < -0.3 is 19.9 Å². The van der Waals surface area contributed by atoms with E-state index >= 15 is 0 Å². The molecule has 114 valence electrons. The Balaban J connectivity index is 2.77. The first-order valence-corrected chi connectivity index (χ1v) is 7.89. The highest BCUT2D eigenvalue weighted by Gasteiger charge is 2.16. The Kier molecular flexibility index (Phi) is 7.80. The molecule has 0 saturated heterocycles. The largest absolute Gasteiger partial charge is 0.497 e. The SMILES string of the molecule is CNC(CSCC(C)CO)c1cc(OC)ccc1OC. The van der Waals surface area contributed by atoms with Crippen molar-refractivity contribution in [2.24, 2.45) is 5.92 Å². The molecule has 0 spiro atoms. The molecule has 5 heteroatoms. The summed E-state index contributed by atoms with van der Waals surface area (Å²) in [5, 5.41) is 12.4. The molecule has 0 aliphatic rings. The number of benzene rings is 1. The fraction of sp³-hybridized carbons (Fsp3) is 0.600. The van der Waals surface area contributed by atoms with Crippen LogP contribution in [0.4, 0.5) is 0 Å². The van der Waals surface area contributed by atoms with Gasteiger partial charge in [-0.2, -0.15) is 11.8 Å². The van der Waals surface area contributed by atoms with Crippen molar-refractivity contribution in [1.82, 2.24) is 5.32 Å². The zero-order chi connectivity index (χ0) is 15.0. The van der Waals surface area contributed by atoms with E-state index < -0.39 is 0 Å². The highest BCUT2D eigenvalue weighted by Crippen LogP contribution is 2.31. The third-order valence-corrected chi connectivity index (χ3v) is 4.53. The first kappa shape index (κ1) is 17.1. The summed E-state index contributed by atoms with van der Waals surface area (Å²) in [4.78, 5) is 0. The summed E-state index contributed by atoms with van der Waals surface area (Å²) in [6.07, 6.45) is 0. The van der Waals surface area contributed by atoms with E-state index in [1.54, 1.807) is 14.2 Å². The summed E-state index contributed by atoms with van der Waals surface area (Å²) in [7, 11) is 5.29. The fourth-order valence-corrected chi connectivity index (χ4v) is 3.11. The summed E-state index contributed by atoms with van der Waals surface area (Å²) >= 11 is 1.83. The quantitative estimate of drug-likeness (QED) is 0.733. The van der Waals surface area contributed by atoms with E-state index in [4.69, 9.17) is 14.6 Å². The molecule has 4 nitrogen and oxygen atoms in total. The first-order chi connectivity index (χ1) is 9.65. The Morgan fingerprint density at radius 1 is 1.25 bits per heavy atom. The van der Waals surface area contributed by atoms with Crippen LogP contribution in [-0.2, 0) is 0 Å². The van der Waals surface area contributed by atoms with Gasteiger partial charge in [0.1, 0.15) is 11.5 Å². The minimum atomic E-state index is 0.191. The molecule has 0 aliphatic carbocycles. The monoisotopic (exact) mass is 299 g/mol. The van der Waals surface area contributed by atoms with E-state index in [0.29, 0.717) is 5.92 Å². The van der Waals surface area contributed by atoms with Gasteiger partial charge in [0, 0.05) is 24.0 Å². The Hall–Kier alpha value is -0.910. The van der Waals surface area contributed by atoms with Crippen LogP contribution in [0.25, 0.3) is 0 Å². The second-order valence-corrected chi connectivity index (χ2v) is 5.85. The number of ether oxygens (including phenoxy) is 2. The van der Waals surface area contributed by atoms with E-state index in [2.05, 4.69) is 5.32 Å². The lowest BCUT2D eigenvalue weighted by Crippen LogP contribution is -2.20. The molecule has 0 amide bonds. The smallest absolute Gasteiger partial charge is 0.123 e. The minimum Gasteiger partial charge on any atom is -0.497 e. The van der Waals surface area contributed by atoms with Crippen LogP contribution in [-0.4, -0.2) is 44.5 Å². The topological polar surface area (TPSA) is 50.7 Å². The average molecular weight is 299 g/mol. The average Bonchev–Trinajstić information content (AvgIpc) is 2.50. The molecule has 1 rings (SSSR count). The maximum atomic E-state index is 9.06. The predicted octanol–water partition coefficient (Wildman–Crippen LogP) is 2.33. The Morgan fingerprint density at radius 3 is 2.55 bits per heavy atom. The van der Waals surface area contributed by atoms with Gasteiger partial charge in [0.05, 0.1) is 14.2 Å². The van der Waals surface area contributed by atoms with E-state index in [0.717, 1.165) is 28.6 Å². The summed E-state index contributed by atoms with van der Waals surface area (Å²) in [6.45, 7) is 2.28. The first-order valence-electron chi connectivity index (χ1n) is 6.74. The zero-order valence-electron chi connectivity index (χ0n) is 12.7. The van der Waals surface area contributed by atoms with Gasteiger partial charge in [0.15, 0.2) is 0 Å². The van der Waals surface area contributed by atoms with E-state index in [-0.39, 0.29) is 12.6 Å². The van der Waals surface area contributed by atoms with Gasteiger partial charge in [0.25, 0.3) is 0 Å². The van der Waals surface area contributed by atoms with Crippen molar-refractivity contribution in [3.8, 4) is 11.5 Å². The normalized spacial score (nSPS) is 13.8. The minimum absolute atomic E-state index is 0.191. The number of aliphatic hydroxyl groups is 1. The van der Waals surface area contributed by atoms with Crippen LogP contribution in [0.2, 0.25) is 0 Å². The van der Waals surface area contributed by atoms with Crippen molar-refractivity contribution in [2.45, 2.75) is 13.0 Å². The number of hydrogen-bond donors (Lipinski definition) is 2. The molecule has 1 aromatic carbocycles. The van der Waals surface area contributed by atoms with Crippen molar-refractivity contribution in [2.75, 3.05) is 39.4 Å². The number of rotatable bonds is 9. The Morgan fingerprint density at radius 2 is 2.00 bits per heavy atom. The molecular formula is C15H25NO3S. The zero-order valence-corrected chi connectivity index (χ0v) is 13.5. The van der Waals surface area contributed by atoms with Crippen molar-refractivity contribution in [3.63, 3.8) is 0 Å². The molecule has 0 radical (unpaired) electrons. The maximum Gasteiger partial charge on any atom is 0.123 e. The molecule has 20 heavy (non-hydrogen) atoms. The van der Waals surface area contributed by atoms with Crippen LogP contribution < -0.4 is 14.8 Å². The van der Waals surface area contributed by atoms with Crippen LogP contribution in [0, 0.1) is 5.92 Å². The van der Waals surface area contributed by atoms with Crippen LogP contribution in [0.15, 0.2) is 18.2 Å². The number of hydrogen-bond acceptors (Lipinski definition) is 5. The lowest BCUT2D eigenvalue weighted by molar-refractivity contribution is 0.250. The van der Waals surface area contributed by atoms with E-state index in [1.165, 1.54) is 0 Å².